The van der Waals surface area contributed by atoms with Crippen molar-refractivity contribution in [2.45, 2.75) is 13.0 Å². The number of hydrogen-bond acceptors (Lipinski definition) is 3. The topological polar surface area (TPSA) is 35.5 Å². The van der Waals surface area contributed by atoms with Crippen LogP contribution in [0, 0.1) is 0 Å². The molecule has 1 aliphatic rings. The first-order chi connectivity index (χ1) is 3.29. The second kappa shape index (κ2) is 1.40. The van der Waals surface area contributed by atoms with E-state index in [0.29, 0.717) is 6.61 Å². The van der Waals surface area contributed by atoms with Gasteiger partial charge in [-0.3, -0.25) is 0 Å². The third-order valence-electron chi connectivity index (χ3n) is 0.733. The van der Waals surface area contributed by atoms with Crippen LogP contribution in [0.15, 0.2) is 0 Å². The molecule has 7 heavy (non-hydrogen) atoms. The number of rotatable bonds is 0. The summed E-state index contributed by atoms with van der Waals surface area (Å²) in [5.41, 5.74) is 0. The molecule has 0 spiro atoms. The zero-order valence-corrected chi connectivity index (χ0v) is 4.01. The number of cyclic esters (lactones) is 2. The summed E-state index contributed by atoms with van der Waals surface area (Å²) in [4.78, 5) is 10.0. The maximum absolute atomic E-state index is 10.0. The van der Waals surface area contributed by atoms with E-state index >= 15 is 0 Å². The highest BCUT2D eigenvalue weighted by Crippen LogP contribution is 2.02. The predicted octanol–water partition coefficient (Wildman–Crippen LogP) is 0.542. The Bertz CT molecular complexity index is 88.9. The van der Waals surface area contributed by atoms with Crippen molar-refractivity contribution in [3.05, 3.63) is 0 Å². The van der Waals surface area contributed by atoms with Crippen LogP contribution in [-0.4, -0.2) is 18.9 Å². The van der Waals surface area contributed by atoms with Gasteiger partial charge in [-0.15, -0.1) is 0 Å². The molecule has 3 nitrogen and oxygen atoms in total. The Balaban J connectivity index is 2.40. The average Bonchev–Trinajstić information content (AvgIpc) is 1.87. The van der Waals surface area contributed by atoms with E-state index in [1.54, 1.807) is 6.92 Å². The van der Waals surface area contributed by atoms with Crippen LogP contribution in [-0.2, 0) is 9.47 Å². The minimum Gasteiger partial charge on any atom is -0.430 e. The van der Waals surface area contributed by atoms with Crippen molar-refractivity contribution >= 4 is 6.16 Å². The monoisotopic (exact) mass is 106 g/mol. The van der Waals surface area contributed by atoms with Crippen molar-refractivity contribution in [2.24, 2.45) is 0 Å². The van der Waals surface area contributed by atoms with E-state index < -0.39 is 6.16 Å². The van der Waals surface area contributed by atoms with Crippen molar-refractivity contribution in [1.82, 2.24) is 0 Å². The van der Waals surface area contributed by atoms with Crippen molar-refractivity contribution in [1.29, 1.82) is 0 Å². The second-order valence-electron chi connectivity index (χ2n) is 1.49. The Morgan fingerprint density at radius 3 is 2.71 bits per heavy atom. The van der Waals surface area contributed by atoms with Gasteiger partial charge >= 0.3 is 6.16 Å². The molecule has 1 heterocycles. The Morgan fingerprint density at radius 1 is 1.86 bits per heavy atom. The summed E-state index contributed by atoms with van der Waals surface area (Å²) in [6, 6.07) is 0. The molecule has 1 atom stereocenters. The van der Waals surface area contributed by atoms with Crippen molar-refractivity contribution in [3.63, 3.8) is 0 Å². The summed E-state index contributed by atoms with van der Waals surface area (Å²) in [6.45, 7) is 2.18. The van der Waals surface area contributed by atoms with Gasteiger partial charge in [-0.25, -0.2) is 4.79 Å². The standard InChI is InChI=1S/C4H6O3/c1-3-2-6-4(5)7-3/h3H,2H2,1H3/i1+1,2+1,3+1,4+1. The second-order valence-corrected chi connectivity index (χ2v) is 1.49. The Kier molecular flexibility index (Phi) is 0.889. The van der Waals surface area contributed by atoms with Gasteiger partial charge in [0.2, 0.25) is 0 Å². The van der Waals surface area contributed by atoms with Gasteiger partial charge in [-0.1, -0.05) is 0 Å². The molecule has 0 aromatic carbocycles. The number of carbonyl (C=O) groups is 1. The van der Waals surface area contributed by atoms with E-state index in [0.717, 1.165) is 0 Å². The van der Waals surface area contributed by atoms with E-state index in [1.807, 2.05) is 0 Å². The molecule has 0 radical (unpaired) electrons. The molecule has 3 heteroatoms. The number of carbonyl (C=O) groups excluding carboxylic acids is 1. The van der Waals surface area contributed by atoms with E-state index in [4.69, 9.17) is 0 Å². The lowest BCUT2D eigenvalue weighted by Crippen LogP contribution is -2.01. The molecule has 1 fully saturated rings. The average molecular weight is 106 g/mol. The summed E-state index contributed by atoms with van der Waals surface area (Å²) in [6.07, 6.45) is -0.597. The van der Waals surface area contributed by atoms with E-state index in [2.05, 4.69) is 9.47 Å². The molecule has 1 rings (SSSR count). The third kappa shape index (κ3) is 0.824. The van der Waals surface area contributed by atoms with Crippen LogP contribution in [0.5, 0.6) is 0 Å². The molecule has 0 aromatic rings. The summed E-state index contributed by atoms with van der Waals surface area (Å²) in [7, 11) is 0. The van der Waals surface area contributed by atoms with Crippen molar-refractivity contribution in [2.75, 3.05) is 6.61 Å². The Morgan fingerprint density at radius 2 is 2.57 bits per heavy atom. The maximum atomic E-state index is 10.0. The first-order valence-corrected chi connectivity index (χ1v) is 2.12. The van der Waals surface area contributed by atoms with Gasteiger partial charge in [0.15, 0.2) is 0 Å². The van der Waals surface area contributed by atoms with Gasteiger partial charge in [-0.2, -0.15) is 0 Å². The summed E-state index contributed by atoms with van der Waals surface area (Å²) in [5.74, 6) is 0. The van der Waals surface area contributed by atoms with Gasteiger partial charge in [0.25, 0.3) is 0 Å². The molecular formula is C4H6O3. The van der Waals surface area contributed by atoms with Crippen LogP contribution in [0.3, 0.4) is 0 Å². The van der Waals surface area contributed by atoms with Crippen LogP contribution in [0.25, 0.3) is 0 Å². The summed E-state index contributed by atoms with van der Waals surface area (Å²) in [5, 5.41) is 0. The summed E-state index contributed by atoms with van der Waals surface area (Å²) >= 11 is 0. The maximum Gasteiger partial charge on any atom is 0.508 e. The normalized spacial score (nSPS) is 29.3. The smallest absolute Gasteiger partial charge is 0.430 e. The number of hydrogen-bond donors (Lipinski definition) is 0. The van der Waals surface area contributed by atoms with Gasteiger partial charge < -0.3 is 9.47 Å². The highest BCUT2D eigenvalue weighted by Gasteiger charge is 2.19. The quantitative estimate of drug-likeness (QED) is 0.334. The van der Waals surface area contributed by atoms with Gasteiger partial charge in [0.05, 0.1) is 0 Å². The van der Waals surface area contributed by atoms with Gasteiger partial charge in [-0.05, 0) is 6.92 Å². The van der Waals surface area contributed by atoms with E-state index in [-0.39, 0.29) is 6.10 Å². The lowest BCUT2D eigenvalue weighted by molar-refractivity contribution is 0.121. The van der Waals surface area contributed by atoms with Crippen LogP contribution < -0.4 is 0 Å². The number of ether oxygens (including phenoxy) is 2. The molecule has 0 bridgehead atoms. The molecule has 0 amide bonds. The zero-order valence-electron chi connectivity index (χ0n) is 4.01. The lowest BCUT2D eigenvalue weighted by atomic mass is 11.4. The fourth-order valence-electron chi connectivity index (χ4n) is 0.418. The molecule has 0 N–H and O–H groups in total. The molecule has 1 unspecified atom stereocenters. The molecule has 1 aliphatic heterocycles. The first-order valence-electron chi connectivity index (χ1n) is 2.12. The minimum atomic E-state index is -0.549. The van der Waals surface area contributed by atoms with Crippen molar-refractivity contribution in [3.8, 4) is 0 Å². The Labute approximate surface area is 41.2 Å². The fourth-order valence-corrected chi connectivity index (χ4v) is 0.418. The summed E-state index contributed by atoms with van der Waals surface area (Å²) < 4.78 is 8.90. The molecular weight excluding hydrogens is 100 g/mol. The third-order valence-corrected chi connectivity index (χ3v) is 0.733. The first kappa shape index (κ1) is 4.43. The fraction of sp³-hybridized carbons (Fsp3) is 0.750. The lowest BCUT2D eigenvalue weighted by Gasteiger charge is -1.90. The molecule has 1 saturated heterocycles. The van der Waals surface area contributed by atoms with Crippen LogP contribution in [0.1, 0.15) is 6.92 Å². The predicted molar refractivity (Wildman–Crippen MR) is 21.9 cm³/mol. The van der Waals surface area contributed by atoms with E-state index in [1.165, 1.54) is 0 Å². The molecule has 0 saturated carbocycles. The Hall–Kier alpha value is -0.730. The van der Waals surface area contributed by atoms with Crippen LogP contribution in [0.4, 0.5) is 4.79 Å². The van der Waals surface area contributed by atoms with Crippen molar-refractivity contribution < 1.29 is 14.3 Å². The highest BCUT2D eigenvalue weighted by atomic mass is 16.9. The van der Waals surface area contributed by atoms with Gasteiger partial charge in [0.1, 0.15) is 12.7 Å². The molecule has 0 aliphatic carbocycles. The highest BCUT2D eigenvalue weighted by molar-refractivity contribution is 5.61. The molecule has 0 aromatic heterocycles. The van der Waals surface area contributed by atoms with E-state index in [9.17, 15) is 4.79 Å². The zero-order chi connectivity index (χ0) is 5.28. The van der Waals surface area contributed by atoms with Gasteiger partial charge in [0, 0.05) is 0 Å². The largest absolute Gasteiger partial charge is 0.508 e. The van der Waals surface area contributed by atoms with Crippen LogP contribution >= 0.6 is 0 Å². The SMILES string of the molecule is [13CH3][13CH]1[13CH2]O[13C](=O)O1. The van der Waals surface area contributed by atoms with Crippen LogP contribution in [0.2, 0.25) is 0 Å². The molecule has 40 valence electrons. The minimum absolute atomic E-state index is 0.0486.